The molecule has 0 unspecified atom stereocenters. The van der Waals surface area contributed by atoms with Gasteiger partial charge in [0.1, 0.15) is 0 Å². The van der Waals surface area contributed by atoms with Crippen molar-refractivity contribution < 1.29 is 0 Å². The highest BCUT2D eigenvalue weighted by atomic mass is 15.2. The van der Waals surface area contributed by atoms with E-state index in [1.165, 1.54) is 109 Å². The minimum absolute atomic E-state index is 0.0139. The topological polar surface area (TPSA) is 9.72 Å². The van der Waals surface area contributed by atoms with Gasteiger partial charge in [0.2, 0.25) is 0 Å². The molecule has 66 heavy (non-hydrogen) atoms. The van der Waals surface area contributed by atoms with E-state index in [0.717, 1.165) is 22.7 Å². The molecule has 0 saturated heterocycles. The Morgan fingerprint density at radius 3 is 1.68 bits per heavy atom. The lowest BCUT2D eigenvalue weighted by Crippen LogP contribution is -2.61. The molecule has 8 aromatic carbocycles. The summed E-state index contributed by atoms with van der Waals surface area (Å²) < 4.78 is 0. The minimum atomic E-state index is -0.0293. The summed E-state index contributed by atoms with van der Waals surface area (Å²) in [5.74, 6) is 0. The van der Waals surface area contributed by atoms with E-state index in [1.54, 1.807) is 0 Å². The Balaban J connectivity index is 1.13. The normalized spacial score (nSPS) is 15.3. The van der Waals surface area contributed by atoms with Crippen molar-refractivity contribution in [1.29, 1.82) is 0 Å². The Bertz CT molecular complexity index is 3150. The lowest BCUT2D eigenvalue weighted by molar-refractivity contribution is 0.550. The molecular weight excluding hydrogens is 798 g/mol. The quantitative estimate of drug-likeness (QED) is 0.160. The standard InChI is InChI=1S/C62H58BN3/c1-41-36-57-59-58(37-41)66(47-29-31-50-49-22-14-15-23-51(49)62(52(50)39-47)34-16-17-35-62)55-33-26-43(61(5,6)7)38-54(55)63(59)53-32-30-48(64(44-18-10-8-11-19-44)45-20-12-9-13-21-45)40-56(53)65(57)46-27-24-42(25-28-46)60(2,3)4/h8-15,18-33,36-40H,16-17,34-35H2,1-7H3. The molecule has 3 nitrogen and oxygen atoms in total. The molecule has 1 saturated carbocycles. The van der Waals surface area contributed by atoms with Crippen molar-refractivity contribution in [2.45, 2.75) is 90.4 Å². The number of hydrogen-bond acceptors (Lipinski definition) is 3. The van der Waals surface area contributed by atoms with E-state index in [0.29, 0.717) is 0 Å². The van der Waals surface area contributed by atoms with Crippen LogP contribution in [0, 0.1) is 6.92 Å². The lowest BCUT2D eigenvalue weighted by Gasteiger charge is -2.45. The number of benzene rings is 8. The highest BCUT2D eigenvalue weighted by molar-refractivity contribution is 7.00. The van der Waals surface area contributed by atoms with Crippen molar-refractivity contribution >= 4 is 74.3 Å². The Morgan fingerprint density at radius 2 is 1.03 bits per heavy atom. The maximum absolute atomic E-state index is 2.63. The van der Waals surface area contributed by atoms with Gasteiger partial charge in [0, 0.05) is 56.6 Å². The van der Waals surface area contributed by atoms with Crippen molar-refractivity contribution in [3.8, 4) is 11.1 Å². The van der Waals surface area contributed by atoms with Gasteiger partial charge >= 0.3 is 0 Å². The average Bonchev–Trinajstić information content (AvgIpc) is 3.92. The molecule has 0 atom stereocenters. The van der Waals surface area contributed by atoms with Crippen LogP contribution in [0.5, 0.6) is 0 Å². The smallest absolute Gasteiger partial charge is 0.252 e. The Kier molecular flexibility index (Phi) is 9.17. The van der Waals surface area contributed by atoms with Gasteiger partial charge in [0.05, 0.1) is 0 Å². The maximum Gasteiger partial charge on any atom is 0.252 e. The molecule has 4 aliphatic rings. The van der Waals surface area contributed by atoms with E-state index in [-0.39, 0.29) is 23.0 Å². The number of fused-ring (bicyclic) bond motifs is 9. The molecule has 0 aromatic heterocycles. The molecule has 2 aliphatic heterocycles. The van der Waals surface area contributed by atoms with Crippen molar-refractivity contribution in [1.82, 2.24) is 0 Å². The van der Waals surface area contributed by atoms with Crippen LogP contribution in [0.4, 0.5) is 51.2 Å². The first-order valence-corrected chi connectivity index (χ1v) is 24.2. The zero-order valence-corrected chi connectivity index (χ0v) is 39.5. The Hall–Kier alpha value is -6.78. The van der Waals surface area contributed by atoms with Crippen LogP contribution in [0.25, 0.3) is 11.1 Å². The molecular formula is C62H58BN3. The fraction of sp³-hybridized carbons (Fsp3) is 0.226. The second-order valence-electron chi connectivity index (χ2n) is 21.5. The molecule has 12 rings (SSSR count). The summed E-state index contributed by atoms with van der Waals surface area (Å²) in [4.78, 5) is 7.60. The summed E-state index contributed by atoms with van der Waals surface area (Å²) in [6, 6.07) is 67.2. The zero-order valence-electron chi connectivity index (χ0n) is 39.5. The van der Waals surface area contributed by atoms with Gasteiger partial charge in [-0.3, -0.25) is 0 Å². The number of nitrogens with zero attached hydrogens (tertiary/aromatic N) is 3. The van der Waals surface area contributed by atoms with Crippen LogP contribution >= 0.6 is 0 Å². The second-order valence-corrected chi connectivity index (χ2v) is 21.5. The molecule has 0 bridgehead atoms. The fourth-order valence-electron chi connectivity index (χ4n) is 12.1. The van der Waals surface area contributed by atoms with E-state index in [2.05, 4.69) is 239 Å². The molecule has 2 heterocycles. The highest BCUT2D eigenvalue weighted by Gasteiger charge is 2.47. The summed E-state index contributed by atoms with van der Waals surface area (Å²) in [5, 5.41) is 0. The van der Waals surface area contributed by atoms with Gasteiger partial charge < -0.3 is 14.7 Å². The molecule has 324 valence electrons. The van der Waals surface area contributed by atoms with E-state index < -0.39 is 0 Å². The zero-order chi connectivity index (χ0) is 45.1. The summed E-state index contributed by atoms with van der Waals surface area (Å²) in [5.41, 5.74) is 24.7. The van der Waals surface area contributed by atoms with E-state index in [1.807, 2.05) is 0 Å². The van der Waals surface area contributed by atoms with Crippen molar-refractivity contribution in [2.24, 2.45) is 0 Å². The number of anilines is 9. The first kappa shape index (κ1) is 40.7. The lowest BCUT2D eigenvalue weighted by atomic mass is 9.33. The molecule has 0 amide bonds. The van der Waals surface area contributed by atoms with Gasteiger partial charge in [0.25, 0.3) is 6.71 Å². The van der Waals surface area contributed by atoms with Crippen LogP contribution in [-0.2, 0) is 16.2 Å². The minimum Gasteiger partial charge on any atom is -0.311 e. The summed E-state index contributed by atoms with van der Waals surface area (Å²) in [6.45, 7) is 16.3. The number of rotatable bonds is 5. The van der Waals surface area contributed by atoms with Crippen LogP contribution in [0.1, 0.15) is 95.0 Å². The highest BCUT2D eigenvalue weighted by Crippen LogP contribution is 2.58. The van der Waals surface area contributed by atoms with Crippen LogP contribution in [-0.4, -0.2) is 6.71 Å². The number of aryl methyl sites for hydroxylation is 1. The van der Waals surface area contributed by atoms with Gasteiger partial charge in [-0.2, -0.15) is 0 Å². The fourth-order valence-corrected chi connectivity index (χ4v) is 12.1. The molecule has 0 radical (unpaired) electrons. The van der Waals surface area contributed by atoms with Gasteiger partial charge in [-0.15, -0.1) is 0 Å². The molecule has 8 aromatic rings. The van der Waals surface area contributed by atoms with E-state index >= 15 is 0 Å². The Labute approximate surface area is 392 Å². The summed E-state index contributed by atoms with van der Waals surface area (Å²) >= 11 is 0. The van der Waals surface area contributed by atoms with E-state index in [4.69, 9.17) is 0 Å². The molecule has 1 spiro atoms. The predicted octanol–water partition coefficient (Wildman–Crippen LogP) is 15.0. The van der Waals surface area contributed by atoms with Crippen molar-refractivity contribution in [2.75, 3.05) is 14.7 Å². The Morgan fingerprint density at radius 1 is 0.455 bits per heavy atom. The first-order valence-electron chi connectivity index (χ1n) is 24.2. The largest absolute Gasteiger partial charge is 0.311 e. The average molecular weight is 856 g/mol. The number of hydrogen-bond donors (Lipinski definition) is 0. The van der Waals surface area contributed by atoms with Crippen LogP contribution < -0.4 is 31.1 Å². The third-order valence-electron chi connectivity index (χ3n) is 15.3. The monoisotopic (exact) mass is 855 g/mol. The van der Waals surface area contributed by atoms with Gasteiger partial charge in [0.15, 0.2) is 0 Å². The van der Waals surface area contributed by atoms with E-state index in [9.17, 15) is 0 Å². The molecule has 2 aliphatic carbocycles. The third kappa shape index (κ3) is 6.24. The predicted molar refractivity (Wildman–Crippen MR) is 282 cm³/mol. The van der Waals surface area contributed by atoms with Gasteiger partial charge in [-0.05, 0) is 165 Å². The second kappa shape index (κ2) is 14.9. The maximum atomic E-state index is 2.63. The summed E-state index contributed by atoms with van der Waals surface area (Å²) in [7, 11) is 0. The van der Waals surface area contributed by atoms with Crippen LogP contribution in [0.2, 0.25) is 0 Å². The first-order chi connectivity index (χ1) is 31.9. The SMILES string of the molecule is Cc1cc2c3c(c1)N(c1ccc(C(C)(C)C)cc1)c1cc(N(c4ccccc4)c4ccccc4)ccc1B3c1cc(C(C)(C)C)ccc1N2c1ccc2c(c1)C1(CCCC1)c1ccccc1-2. The van der Waals surface area contributed by atoms with Gasteiger partial charge in [-0.25, -0.2) is 0 Å². The summed E-state index contributed by atoms with van der Waals surface area (Å²) in [6.07, 6.45) is 4.97. The van der Waals surface area contributed by atoms with Crippen LogP contribution in [0.3, 0.4) is 0 Å². The van der Waals surface area contributed by atoms with Crippen molar-refractivity contribution in [3.63, 3.8) is 0 Å². The van der Waals surface area contributed by atoms with Crippen LogP contribution in [0.15, 0.2) is 176 Å². The van der Waals surface area contributed by atoms with Crippen molar-refractivity contribution in [3.05, 3.63) is 204 Å². The third-order valence-corrected chi connectivity index (χ3v) is 15.3. The molecule has 1 fully saturated rings. The molecule has 4 heteroatoms. The van der Waals surface area contributed by atoms with Gasteiger partial charge in [-0.1, -0.05) is 151 Å². The molecule has 0 N–H and O–H groups in total. The number of para-hydroxylation sites is 2.